The van der Waals surface area contributed by atoms with Gasteiger partial charge in [0.25, 0.3) is 0 Å². The van der Waals surface area contributed by atoms with Gasteiger partial charge in [-0.2, -0.15) is 5.26 Å². The lowest BCUT2D eigenvalue weighted by atomic mass is 10.0. The molecule has 0 aliphatic heterocycles. The molecule has 0 saturated heterocycles. The van der Waals surface area contributed by atoms with Gasteiger partial charge >= 0.3 is 0 Å². The fourth-order valence-electron chi connectivity index (χ4n) is 3.05. The highest BCUT2D eigenvalue weighted by Gasteiger charge is 2.09. The maximum atomic E-state index is 9.39. The van der Waals surface area contributed by atoms with Crippen molar-refractivity contribution >= 4 is 10.9 Å². The second-order valence-electron chi connectivity index (χ2n) is 5.78. The molecule has 0 bridgehead atoms. The van der Waals surface area contributed by atoms with Crippen LogP contribution in [0.4, 0.5) is 0 Å². The van der Waals surface area contributed by atoms with Crippen LogP contribution in [-0.4, -0.2) is 9.55 Å². The Morgan fingerprint density at radius 1 is 1.04 bits per heavy atom. The normalized spacial score (nSPS) is 10.7. The molecule has 4 aromatic rings. The van der Waals surface area contributed by atoms with Crippen molar-refractivity contribution in [1.29, 1.82) is 5.26 Å². The number of rotatable bonds is 2. The van der Waals surface area contributed by atoms with E-state index in [-0.39, 0.29) is 0 Å². The molecular formula is C21H15N3. The number of fused-ring (bicyclic) bond motifs is 1. The first-order valence-corrected chi connectivity index (χ1v) is 7.79. The van der Waals surface area contributed by atoms with Crippen molar-refractivity contribution in [3.63, 3.8) is 0 Å². The van der Waals surface area contributed by atoms with E-state index >= 15 is 0 Å². The van der Waals surface area contributed by atoms with Gasteiger partial charge in [0.1, 0.15) is 6.07 Å². The molecule has 2 heterocycles. The van der Waals surface area contributed by atoms with E-state index in [4.69, 9.17) is 0 Å². The largest absolute Gasteiger partial charge is 0.315 e. The Bertz CT molecular complexity index is 1080. The fourth-order valence-corrected chi connectivity index (χ4v) is 3.05. The lowest BCUT2D eigenvalue weighted by molar-refractivity contribution is 1.12. The molecule has 0 aliphatic carbocycles. The molecule has 0 fully saturated rings. The van der Waals surface area contributed by atoms with Crippen LogP contribution < -0.4 is 0 Å². The molecule has 0 atom stereocenters. The van der Waals surface area contributed by atoms with Crippen LogP contribution in [0.1, 0.15) is 11.1 Å². The zero-order valence-electron chi connectivity index (χ0n) is 13.3. The molecule has 0 saturated carbocycles. The summed E-state index contributed by atoms with van der Waals surface area (Å²) < 4.78 is 2.07. The van der Waals surface area contributed by atoms with Crippen LogP contribution in [0.2, 0.25) is 0 Å². The molecule has 0 radical (unpaired) electrons. The molecule has 0 unspecified atom stereocenters. The Kier molecular flexibility index (Phi) is 3.36. The topological polar surface area (TPSA) is 41.6 Å². The predicted molar refractivity (Wildman–Crippen MR) is 96.0 cm³/mol. The van der Waals surface area contributed by atoms with Gasteiger partial charge in [0.2, 0.25) is 0 Å². The summed E-state index contributed by atoms with van der Waals surface area (Å²) >= 11 is 0. The standard InChI is InChI=1S/C21H15N3/c1-15-8-10-23-14-19(15)17-7-6-16-9-11-24(21(16)12-17)20-5-3-2-4-18(20)13-22/h2-12,14H,1H3. The molecule has 2 aromatic heterocycles. The minimum Gasteiger partial charge on any atom is -0.315 e. The summed E-state index contributed by atoms with van der Waals surface area (Å²) in [5.74, 6) is 0. The van der Waals surface area contributed by atoms with E-state index in [2.05, 4.69) is 46.8 Å². The molecule has 24 heavy (non-hydrogen) atoms. The molecule has 0 N–H and O–H groups in total. The Hall–Kier alpha value is -3.38. The van der Waals surface area contributed by atoms with Crippen LogP contribution in [0.15, 0.2) is 73.2 Å². The predicted octanol–water partition coefficient (Wildman–Crippen LogP) is 4.87. The number of hydrogen-bond acceptors (Lipinski definition) is 2. The molecule has 3 heteroatoms. The summed E-state index contributed by atoms with van der Waals surface area (Å²) in [7, 11) is 0. The summed E-state index contributed by atoms with van der Waals surface area (Å²) in [6.45, 7) is 2.09. The maximum Gasteiger partial charge on any atom is 0.101 e. The van der Waals surface area contributed by atoms with Gasteiger partial charge < -0.3 is 4.57 Å². The smallest absolute Gasteiger partial charge is 0.101 e. The zero-order valence-corrected chi connectivity index (χ0v) is 13.3. The van der Waals surface area contributed by atoms with Crippen molar-refractivity contribution in [2.75, 3.05) is 0 Å². The summed E-state index contributed by atoms with van der Waals surface area (Å²) in [5, 5.41) is 10.5. The van der Waals surface area contributed by atoms with Crippen LogP contribution in [0.5, 0.6) is 0 Å². The van der Waals surface area contributed by atoms with Crippen LogP contribution >= 0.6 is 0 Å². The molecule has 3 nitrogen and oxygen atoms in total. The first-order valence-electron chi connectivity index (χ1n) is 7.79. The van der Waals surface area contributed by atoms with Crippen LogP contribution in [0.25, 0.3) is 27.7 Å². The molecule has 114 valence electrons. The first kappa shape index (κ1) is 14.2. The molecular weight excluding hydrogens is 294 g/mol. The number of nitriles is 1. The minimum atomic E-state index is 0.665. The summed E-state index contributed by atoms with van der Waals surface area (Å²) in [4.78, 5) is 4.25. The van der Waals surface area contributed by atoms with Crippen molar-refractivity contribution in [2.24, 2.45) is 0 Å². The SMILES string of the molecule is Cc1ccncc1-c1ccc2ccn(-c3ccccc3C#N)c2c1. The van der Waals surface area contributed by atoms with E-state index < -0.39 is 0 Å². The van der Waals surface area contributed by atoms with E-state index in [0.29, 0.717) is 5.56 Å². The van der Waals surface area contributed by atoms with Gasteiger partial charge in [-0.05, 0) is 53.8 Å². The lowest BCUT2D eigenvalue weighted by Gasteiger charge is -2.10. The zero-order chi connectivity index (χ0) is 16.5. The number of aromatic nitrogens is 2. The minimum absolute atomic E-state index is 0.665. The van der Waals surface area contributed by atoms with Gasteiger partial charge in [0.05, 0.1) is 16.8 Å². The van der Waals surface area contributed by atoms with Crippen LogP contribution in [0.3, 0.4) is 0 Å². The number of pyridine rings is 1. The van der Waals surface area contributed by atoms with Gasteiger partial charge in [-0.1, -0.05) is 24.3 Å². The number of benzene rings is 2. The molecule has 0 spiro atoms. The van der Waals surface area contributed by atoms with Crippen molar-refractivity contribution in [1.82, 2.24) is 9.55 Å². The Balaban J connectivity index is 1.95. The number of aryl methyl sites for hydroxylation is 1. The highest BCUT2D eigenvalue weighted by molar-refractivity contribution is 5.87. The third kappa shape index (κ3) is 2.26. The highest BCUT2D eigenvalue weighted by atomic mass is 15.0. The Morgan fingerprint density at radius 3 is 2.75 bits per heavy atom. The number of nitrogens with zero attached hydrogens (tertiary/aromatic N) is 3. The van der Waals surface area contributed by atoms with E-state index in [9.17, 15) is 5.26 Å². The maximum absolute atomic E-state index is 9.39. The lowest BCUT2D eigenvalue weighted by Crippen LogP contribution is -1.95. The van der Waals surface area contributed by atoms with Crippen molar-refractivity contribution in [3.8, 4) is 22.9 Å². The van der Waals surface area contributed by atoms with E-state index in [1.165, 1.54) is 5.56 Å². The number of para-hydroxylation sites is 1. The third-order valence-electron chi connectivity index (χ3n) is 4.33. The van der Waals surface area contributed by atoms with Gasteiger partial charge in [-0.25, -0.2) is 0 Å². The molecule has 0 aliphatic rings. The third-order valence-corrected chi connectivity index (χ3v) is 4.33. The van der Waals surface area contributed by atoms with Crippen LogP contribution in [0, 0.1) is 18.3 Å². The van der Waals surface area contributed by atoms with Gasteiger partial charge in [-0.15, -0.1) is 0 Å². The summed E-state index contributed by atoms with van der Waals surface area (Å²) in [5.41, 5.74) is 6.09. The van der Waals surface area contributed by atoms with Gasteiger partial charge in [0.15, 0.2) is 0 Å². The highest BCUT2D eigenvalue weighted by Crippen LogP contribution is 2.29. The van der Waals surface area contributed by atoms with Crippen molar-refractivity contribution in [2.45, 2.75) is 6.92 Å². The molecule has 4 rings (SSSR count). The van der Waals surface area contributed by atoms with Crippen molar-refractivity contribution in [3.05, 3.63) is 84.3 Å². The van der Waals surface area contributed by atoms with Gasteiger partial charge in [-0.3, -0.25) is 4.98 Å². The summed E-state index contributed by atoms with van der Waals surface area (Å²) in [6.07, 6.45) is 5.72. The van der Waals surface area contributed by atoms with E-state index in [0.717, 1.165) is 27.7 Å². The molecule has 0 amide bonds. The average Bonchev–Trinajstić information content (AvgIpc) is 3.05. The van der Waals surface area contributed by atoms with Gasteiger partial charge in [0, 0.05) is 24.2 Å². The fraction of sp³-hybridized carbons (Fsp3) is 0.0476. The van der Waals surface area contributed by atoms with E-state index in [1.54, 1.807) is 0 Å². The molecule has 2 aromatic carbocycles. The second-order valence-corrected chi connectivity index (χ2v) is 5.78. The van der Waals surface area contributed by atoms with Crippen molar-refractivity contribution < 1.29 is 0 Å². The average molecular weight is 309 g/mol. The van der Waals surface area contributed by atoms with Crippen LogP contribution in [-0.2, 0) is 0 Å². The monoisotopic (exact) mass is 309 g/mol. The Morgan fingerprint density at radius 2 is 1.92 bits per heavy atom. The quantitative estimate of drug-likeness (QED) is 0.530. The summed E-state index contributed by atoms with van der Waals surface area (Å²) in [6, 6.07) is 20.4. The first-order chi connectivity index (χ1) is 11.8. The number of hydrogen-bond donors (Lipinski definition) is 0. The second kappa shape index (κ2) is 5.68. The van der Waals surface area contributed by atoms with E-state index in [1.807, 2.05) is 48.9 Å². The Labute approximate surface area is 140 Å².